The maximum absolute atomic E-state index is 11.4. The van der Waals surface area contributed by atoms with Crippen molar-refractivity contribution in [1.29, 1.82) is 0 Å². The lowest BCUT2D eigenvalue weighted by Gasteiger charge is -2.21. The summed E-state index contributed by atoms with van der Waals surface area (Å²) in [6.07, 6.45) is 0.478. The molecular weight excluding hydrogens is 284 g/mol. The molecule has 0 aliphatic carbocycles. The van der Waals surface area contributed by atoms with Crippen LogP contribution in [0.2, 0.25) is 5.28 Å². The molecular formula is C12H13ClN4OS. The second kappa shape index (κ2) is 4.94. The molecule has 1 fully saturated rings. The van der Waals surface area contributed by atoms with Crippen molar-refractivity contribution in [3.05, 3.63) is 16.2 Å². The number of carbonyl (C=O) groups excluding carboxylic acids is 1. The summed E-state index contributed by atoms with van der Waals surface area (Å²) in [4.78, 5) is 24.2. The van der Waals surface area contributed by atoms with E-state index in [0.29, 0.717) is 19.5 Å². The number of carbonyl (C=O) groups is 1. The highest BCUT2D eigenvalue weighted by atomic mass is 35.5. The number of anilines is 1. The molecule has 0 spiro atoms. The number of hydrogen-bond acceptors (Lipinski definition) is 5. The van der Waals surface area contributed by atoms with Crippen LogP contribution < -0.4 is 10.2 Å². The standard InChI is InChI=1S/C12H13ClN4OS/c1-7-6-8-10(15-12(13)16-11(8)19-7)17-4-2-9(18)14-3-5-17/h6H,2-5H2,1H3,(H,14,18). The molecule has 100 valence electrons. The van der Waals surface area contributed by atoms with Gasteiger partial charge in [-0.25, -0.2) is 4.98 Å². The molecule has 3 rings (SSSR count). The summed E-state index contributed by atoms with van der Waals surface area (Å²) in [7, 11) is 0. The van der Waals surface area contributed by atoms with Crippen molar-refractivity contribution < 1.29 is 4.79 Å². The van der Waals surface area contributed by atoms with Crippen molar-refractivity contribution in [1.82, 2.24) is 15.3 Å². The topological polar surface area (TPSA) is 58.1 Å². The molecule has 1 saturated heterocycles. The van der Waals surface area contributed by atoms with Gasteiger partial charge in [0.15, 0.2) is 0 Å². The predicted octanol–water partition coefficient (Wildman–Crippen LogP) is 1.98. The lowest BCUT2D eigenvalue weighted by atomic mass is 10.3. The molecule has 0 radical (unpaired) electrons. The number of aryl methyl sites for hydroxylation is 1. The highest BCUT2D eigenvalue weighted by Gasteiger charge is 2.19. The zero-order chi connectivity index (χ0) is 13.4. The molecule has 0 aromatic carbocycles. The van der Waals surface area contributed by atoms with E-state index in [1.807, 2.05) is 6.92 Å². The summed E-state index contributed by atoms with van der Waals surface area (Å²) in [5.74, 6) is 0.913. The molecule has 0 saturated carbocycles. The Morgan fingerprint density at radius 3 is 3.11 bits per heavy atom. The first-order chi connectivity index (χ1) is 9.13. The largest absolute Gasteiger partial charge is 0.354 e. The molecule has 1 aliphatic heterocycles. The number of nitrogens with zero attached hydrogens (tertiary/aromatic N) is 3. The van der Waals surface area contributed by atoms with Crippen LogP contribution in [0.4, 0.5) is 5.82 Å². The Bertz CT molecular complexity index is 642. The van der Waals surface area contributed by atoms with E-state index < -0.39 is 0 Å². The first kappa shape index (κ1) is 12.6. The van der Waals surface area contributed by atoms with Gasteiger partial charge in [-0.05, 0) is 24.6 Å². The molecule has 0 bridgehead atoms. The minimum absolute atomic E-state index is 0.0837. The van der Waals surface area contributed by atoms with E-state index in [-0.39, 0.29) is 11.2 Å². The Morgan fingerprint density at radius 1 is 1.42 bits per heavy atom. The lowest BCUT2D eigenvalue weighted by Crippen LogP contribution is -2.29. The Labute approximate surface area is 119 Å². The average Bonchev–Trinajstić information content (AvgIpc) is 2.58. The van der Waals surface area contributed by atoms with Crippen molar-refractivity contribution in [2.45, 2.75) is 13.3 Å². The first-order valence-electron chi connectivity index (χ1n) is 6.09. The Hall–Kier alpha value is -1.40. The number of nitrogens with one attached hydrogen (secondary N) is 1. The Morgan fingerprint density at radius 2 is 2.26 bits per heavy atom. The second-order valence-corrected chi connectivity index (χ2v) is 6.05. The predicted molar refractivity (Wildman–Crippen MR) is 77.0 cm³/mol. The van der Waals surface area contributed by atoms with Gasteiger partial charge in [0.1, 0.15) is 10.6 Å². The minimum Gasteiger partial charge on any atom is -0.354 e. The van der Waals surface area contributed by atoms with Crippen LogP contribution in [0.15, 0.2) is 6.07 Å². The van der Waals surface area contributed by atoms with E-state index in [0.717, 1.165) is 22.6 Å². The SMILES string of the molecule is Cc1cc2c(N3CCNC(=O)CC3)nc(Cl)nc2s1. The number of aromatic nitrogens is 2. The van der Waals surface area contributed by atoms with Crippen molar-refractivity contribution in [2.75, 3.05) is 24.5 Å². The van der Waals surface area contributed by atoms with Gasteiger partial charge in [0, 0.05) is 30.9 Å². The third kappa shape index (κ3) is 2.50. The molecule has 1 amide bonds. The average molecular weight is 297 g/mol. The molecule has 0 atom stereocenters. The van der Waals surface area contributed by atoms with Crippen LogP contribution in [0.1, 0.15) is 11.3 Å². The van der Waals surface area contributed by atoms with E-state index in [1.165, 1.54) is 4.88 Å². The van der Waals surface area contributed by atoms with Crippen LogP contribution in [0, 0.1) is 6.92 Å². The quantitative estimate of drug-likeness (QED) is 0.818. The van der Waals surface area contributed by atoms with Crippen LogP contribution >= 0.6 is 22.9 Å². The van der Waals surface area contributed by atoms with Gasteiger partial charge in [-0.15, -0.1) is 11.3 Å². The molecule has 0 unspecified atom stereocenters. The van der Waals surface area contributed by atoms with Crippen LogP contribution in [0.25, 0.3) is 10.2 Å². The number of thiophene rings is 1. The van der Waals surface area contributed by atoms with Crippen LogP contribution in [0.5, 0.6) is 0 Å². The van der Waals surface area contributed by atoms with Gasteiger partial charge in [-0.3, -0.25) is 4.79 Å². The summed E-state index contributed by atoms with van der Waals surface area (Å²) < 4.78 is 0. The third-order valence-electron chi connectivity index (χ3n) is 3.08. The molecule has 19 heavy (non-hydrogen) atoms. The zero-order valence-corrected chi connectivity index (χ0v) is 12.0. The number of fused-ring (bicyclic) bond motifs is 1. The number of halogens is 1. The van der Waals surface area contributed by atoms with Crippen molar-refractivity contribution in [3.8, 4) is 0 Å². The molecule has 1 N–H and O–H groups in total. The van der Waals surface area contributed by atoms with Crippen molar-refractivity contribution >= 4 is 44.9 Å². The smallest absolute Gasteiger partial charge is 0.225 e. The summed E-state index contributed by atoms with van der Waals surface area (Å²) in [6.45, 7) is 4.06. The number of amides is 1. The summed E-state index contributed by atoms with van der Waals surface area (Å²) in [5, 5.41) is 4.13. The van der Waals surface area contributed by atoms with E-state index in [1.54, 1.807) is 11.3 Å². The molecule has 2 aromatic rings. The van der Waals surface area contributed by atoms with Gasteiger partial charge in [-0.1, -0.05) is 0 Å². The highest BCUT2D eigenvalue weighted by molar-refractivity contribution is 7.18. The van der Waals surface area contributed by atoms with Gasteiger partial charge in [0.2, 0.25) is 11.2 Å². The normalized spacial score (nSPS) is 16.5. The van der Waals surface area contributed by atoms with Gasteiger partial charge in [0.25, 0.3) is 0 Å². The monoisotopic (exact) mass is 296 g/mol. The van der Waals surface area contributed by atoms with Gasteiger partial charge < -0.3 is 10.2 Å². The van der Waals surface area contributed by atoms with E-state index >= 15 is 0 Å². The van der Waals surface area contributed by atoms with Crippen LogP contribution in [0.3, 0.4) is 0 Å². The van der Waals surface area contributed by atoms with Crippen LogP contribution in [-0.2, 0) is 4.79 Å². The zero-order valence-electron chi connectivity index (χ0n) is 10.4. The third-order valence-corrected chi connectivity index (χ3v) is 4.19. The number of rotatable bonds is 1. The number of hydrogen-bond donors (Lipinski definition) is 1. The lowest BCUT2D eigenvalue weighted by molar-refractivity contribution is -0.120. The Kier molecular flexibility index (Phi) is 3.28. The van der Waals surface area contributed by atoms with Crippen LogP contribution in [-0.4, -0.2) is 35.5 Å². The van der Waals surface area contributed by atoms with E-state index in [4.69, 9.17) is 11.6 Å². The van der Waals surface area contributed by atoms with E-state index in [2.05, 4.69) is 26.3 Å². The summed E-state index contributed by atoms with van der Waals surface area (Å²) in [6, 6.07) is 2.08. The second-order valence-electron chi connectivity index (χ2n) is 4.48. The summed E-state index contributed by atoms with van der Waals surface area (Å²) in [5.41, 5.74) is 0. The molecule has 2 aromatic heterocycles. The first-order valence-corrected chi connectivity index (χ1v) is 7.28. The maximum atomic E-state index is 11.4. The molecule has 7 heteroatoms. The molecule has 5 nitrogen and oxygen atoms in total. The van der Waals surface area contributed by atoms with Gasteiger partial charge >= 0.3 is 0 Å². The van der Waals surface area contributed by atoms with E-state index in [9.17, 15) is 4.79 Å². The highest BCUT2D eigenvalue weighted by Crippen LogP contribution is 2.31. The van der Waals surface area contributed by atoms with Crippen molar-refractivity contribution in [2.24, 2.45) is 0 Å². The fourth-order valence-corrected chi connectivity index (χ4v) is 3.31. The minimum atomic E-state index is 0.0837. The van der Waals surface area contributed by atoms with Gasteiger partial charge in [-0.2, -0.15) is 4.98 Å². The molecule has 3 heterocycles. The fraction of sp³-hybridized carbons (Fsp3) is 0.417. The maximum Gasteiger partial charge on any atom is 0.225 e. The summed E-state index contributed by atoms with van der Waals surface area (Å²) >= 11 is 7.60. The molecule has 1 aliphatic rings. The van der Waals surface area contributed by atoms with Crippen molar-refractivity contribution in [3.63, 3.8) is 0 Å². The fourth-order valence-electron chi connectivity index (χ4n) is 2.22. The Balaban J connectivity index is 2.05. The van der Waals surface area contributed by atoms with Gasteiger partial charge in [0.05, 0.1) is 5.39 Å².